The van der Waals surface area contributed by atoms with Crippen LogP contribution in [0.15, 0.2) is 24.3 Å². The summed E-state index contributed by atoms with van der Waals surface area (Å²) in [6.45, 7) is 1.39. The van der Waals surface area contributed by atoms with Gasteiger partial charge in [-0.3, -0.25) is 4.79 Å². The lowest BCUT2D eigenvalue weighted by atomic mass is 9.84. The average molecular weight is 263 g/mol. The van der Waals surface area contributed by atoms with Gasteiger partial charge < -0.3 is 9.64 Å². The predicted octanol–water partition coefficient (Wildman–Crippen LogP) is 2.61. The summed E-state index contributed by atoms with van der Waals surface area (Å²) in [5.74, 6) is 0.769. The van der Waals surface area contributed by atoms with Gasteiger partial charge in [-0.2, -0.15) is 0 Å². The van der Waals surface area contributed by atoms with Crippen molar-refractivity contribution in [1.29, 1.82) is 0 Å². The molecule has 1 aliphatic heterocycles. The summed E-state index contributed by atoms with van der Waals surface area (Å²) in [5, 5.41) is 0. The van der Waals surface area contributed by atoms with E-state index in [9.17, 15) is 9.18 Å². The van der Waals surface area contributed by atoms with E-state index in [2.05, 4.69) is 0 Å². The van der Waals surface area contributed by atoms with Crippen LogP contribution >= 0.6 is 0 Å². The van der Waals surface area contributed by atoms with Crippen LogP contribution in [0.4, 0.5) is 4.39 Å². The SMILES string of the molecule is O=C(C1CCC1)N1CCC(Oc2cccc(F)c2)C1. The minimum absolute atomic E-state index is 0.00849. The van der Waals surface area contributed by atoms with Crippen LogP contribution in [0.5, 0.6) is 5.75 Å². The fourth-order valence-electron chi connectivity index (χ4n) is 2.67. The van der Waals surface area contributed by atoms with Gasteiger partial charge >= 0.3 is 0 Å². The molecule has 1 saturated heterocycles. The molecule has 0 bridgehead atoms. The normalized spacial score (nSPS) is 23.2. The van der Waals surface area contributed by atoms with Crippen molar-refractivity contribution in [2.75, 3.05) is 13.1 Å². The number of carbonyl (C=O) groups excluding carboxylic acids is 1. The second-order valence-corrected chi connectivity index (χ2v) is 5.40. The Morgan fingerprint density at radius 1 is 1.32 bits per heavy atom. The van der Waals surface area contributed by atoms with Crippen molar-refractivity contribution in [3.8, 4) is 5.75 Å². The molecule has 0 aromatic heterocycles. The summed E-state index contributed by atoms with van der Waals surface area (Å²) in [6.07, 6.45) is 4.06. The number of ether oxygens (including phenoxy) is 1. The summed E-state index contributed by atoms with van der Waals surface area (Å²) in [7, 11) is 0. The minimum atomic E-state index is -0.294. The monoisotopic (exact) mass is 263 g/mol. The lowest BCUT2D eigenvalue weighted by Gasteiger charge is -2.29. The zero-order valence-corrected chi connectivity index (χ0v) is 10.8. The summed E-state index contributed by atoms with van der Waals surface area (Å²) >= 11 is 0. The van der Waals surface area contributed by atoms with Crippen molar-refractivity contribution in [1.82, 2.24) is 4.90 Å². The molecule has 1 aliphatic carbocycles. The molecule has 102 valence electrons. The number of hydrogen-bond donors (Lipinski definition) is 0. The maximum Gasteiger partial charge on any atom is 0.225 e. The molecule has 0 N–H and O–H groups in total. The third kappa shape index (κ3) is 2.72. The zero-order chi connectivity index (χ0) is 13.2. The number of rotatable bonds is 3. The molecule has 0 spiro atoms. The number of amides is 1. The quantitative estimate of drug-likeness (QED) is 0.839. The van der Waals surface area contributed by atoms with Gasteiger partial charge in [0.1, 0.15) is 17.7 Å². The number of benzene rings is 1. The van der Waals surface area contributed by atoms with Gasteiger partial charge in [0, 0.05) is 24.9 Å². The van der Waals surface area contributed by atoms with E-state index in [1.807, 2.05) is 4.90 Å². The Morgan fingerprint density at radius 3 is 2.84 bits per heavy atom. The lowest BCUT2D eigenvalue weighted by Crippen LogP contribution is -2.38. The molecule has 1 saturated carbocycles. The molecule has 0 radical (unpaired) electrons. The number of carbonyl (C=O) groups is 1. The first-order valence-corrected chi connectivity index (χ1v) is 6.93. The highest BCUT2D eigenvalue weighted by atomic mass is 19.1. The highest BCUT2D eigenvalue weighted by molar-refractivity contribution is 5.79. The average Bonchev–Trinajstić information content (AvgIpc) is 2.75. The second-order valence-electron chi connectivity index (χ2n) is 5.40. The first-order chi connectivity index (χ1) is 9.22. The molecule has 4 heteroatoms. The molecule has 2 aliphatic rings. The smallest absolute Gasteiger partial charge is 0.225 e. The standard InChI is InChI=1S/C15H18FNO2/c16-12-5-2-6-13(9-12)19-14-7-8-17(10-14)15(18)11-3-1-4-11/h2,5-6,9,11,14H,1,3-4,7-8,10H2. The van der Waals surface area contributed by atoms with Gasteiger partial charge in [-0.1, -0.05) is 12.5 Å². The van der Waals surface area contributed by atoms with Gasteiger partial charge in [0.2, 0.25) is 5.91 Å². The molecular weight excluding hydrogens is 245 g/mol. The lowest BCUT2D eigenvalue weighted by molar-refractivity contribution is -0.137. The molecule has 2 fully saturated rings. The van der Waals surface area contributed by atoms with Crippen molar-refractivity contribution >= 4 is 5.91 Å². The van der Waals surface area contributed by atoms with E-state index in [1.54, 1.807) is 12.1 Å². The van der Waals surface area contributed by atoms with E-state index in [0.29, 0.717) is 12.3 Å². The van der Waals surface area contributed by atoms with Crippen LogP contribution in [0.2, 0.25) is 0 Å². The van der Waals surface area contributed by atoms with E-state index in [4.69, 9.17) is 4.74 Å². The van der Waals surface area contributed by atoms with E-state index in [-0.39, 0.29) is 23.7 Å². The third-order valence-corrected chi connectivity index (χ3v) is 4.01. The van der Waals surface area contributed by atoms with Crippen LogP contribution in [-0.2, 0) is 4.79 Å². The predicted molar refractivity (Wildman–Crippen MR) is 69.4 cm³/mol. The van der Waals surface area contributed by atoms with Crippen LogP contribution in [0.25, 0.3) is 0 Å². The first kappa shape index (κ1) is 12.5. The van der Waals surface area contributed by atoms with Crippen LogP contribution in [0.3, 0.4) is 0 Å². The molecular formula is C15H18FNO2. The molecule has 3 nitrogen and oxygen atoms in total. The number of nitrogens with zero attached hydrogens (tertiary/aromatic N) is 1. The van der Waals surface area contributed by atoms with Gasteiger partial charge in [0.25, 0.3) is 0 Å². The largest absolute Gasteiger partial charge is 0.488 e. The maximum atomic E-state index is 13.1. The van der Waals surface area contributed by atoms with E-state index >= 15 is 0 Å². The van der Waals surface area contributed by atoms with Gasteiger partial charge in [-0.05, 0) is 25.0 Å². The topological polar surface area (TPSA) is 29.5 Å². The van der Waals surface area contributed by atoms with Crippen LogP contribution < -0.4 is 4.74 Å². The molecule has 1 atom stereocenters. The Labute approximate surface area is 112 Å². The molecule has 1 amide bonds. The molecule has 1 heterocycles. The first-order valence-electron chi connectivity index (χ1n) is 6.93. The Hall–Kier alpha value is -1.58. The van der Waals surface area contributed by atoms with Crippen molar-refractivity contribution in [3.63, 3.8) is 0 Å². The van der Waals surface area contributed by atoms with E-state index in [1.165, 1.54) is 18.6 Å². The summed E-state index contributed by atoms with van der Waals surface area (Å²) in [5.41, 5.74) is 0. The van der Waals surface area contributed by atoms with Gasteiger partial charge in [-0.25, -0.2) is 4.39 Å². The van der Waals surface area contributed by atoms with Crippen molar-refractivity contribution in [2.24, 2.45) is 5.92 Å². The van der Waals surface area contributed by atoms with E-state index < -0.39 is 0 Å². The van der Waals surface area contributed by atoms with Crippen molar-refractivity contribution in [2.45, 2.75) is 31.8 Å². The highest BCUT2D eigenvalue weighted by Gasteiger charge is 2.34. The Balaban J connectivity index is 1.55. The van der Waals surface area contributed by atoms with Gasteiger partial charge in [0.15, 0.2) is 0 Å². The maximum absolute atomic E-state index is 13.1. The molecule has 19 heavy (non-hydrogen) atoms. The molecule has 1 unspecified atom stereocenters. The highest BCUT2D eigenvalue weighted by Crippen LogP contribution is 2.30. The molecule has 1 aromatic carbocycles. The fourth-order valence-corrected chi connectivity index (χ4v) is 2.67. The Kier molecular flexibility index (Phi) is 3.40. The molecule has 3 rings (SSSR count). The number of hydrogen-bond acceptors (Lipinski definition) is 2. The number of halogens is 1. The van der Waals surface area contributed by atoms with Crippen LogP contribution in [-0.4, -0.2) is 30.0 Å². The van der Waals surface area contributed by atoms with Crippen LogP contribution in [0, 0.1) is 11.7 Å². The number of likely N-dealkylation sites (tertiary alicyclic amines) is 1. The summed E-state index contributed by atoms with van der Waals surface area (Å²) < 4.78 is 18.8. The fraction of sp³-hybridized carbons (Fsp3) is 0.533. The Morgan fingerprint density at radius 2 is 2.16 bits per heavy atom. The Bertz CT molecular complexity index is 473. The minimum Gasteiger partial charge on any atom is -0.488 e. The summed E-state index contributed by atoms with van der Waals surface area (Å²) in [6, 6.07) is 6.17. The van der Waals surface area contributed by atoms with Crippen molar-refractivity contribution < 1.29 is 13.9 Å². The van der Waals surface area contributed by atoms with Crippen LogP contribution in [0.1, 0.15) is 25.7 Å². The third-order valence-electron chi connectivity index (χ3n) is 4.01. The zero-order valence-electron chi connectivity index (χ0n) is 10.8. The van der Waals surface area contributed by atoms with Gasteiger partial charge in [-0.15, -0.1) is 0 Å². The van der Waals surface area contributed by atoms with Crippen molar-refractivity contribution in [3.05, 3.63) is 30.1 Å². The molecule has 1 aromatic rings. The summed E-state index contributed by atoms with van der Waals surface area (Å²) in [4.78, 5) is 14.0. The second kappa shape index (κ2) is 5.19. The van der Waals surface area contributed by atoms with Gasteiger partial charge in [0.05, 0.1) is 6.54 Å². The van der Waals surface area contributed by atoms with E-state index in [0.717, 1.165) is 25.8 Å².